The lowest BCUT2D eigenvalue weighted by Crippen LogP contribution is -2.40. The summed E-state index contributed by atoms with van der Waals surface area (Å²) in [4.78, 5) is 15.6. The molecule has 4 heteroatoms. The molecule has 2 aromatic carbocycles. The Hall–Kier alpha value is -1.81. The predicted molar refractivity (Wildman–Crippen MR) is 88.8 cm³/mol. The van der Waals surface area contributed by atoms with Crippen LogP contribution in [0.15, 0.2) is 53.4 Å². The minimum Gasteiger partial charge on any atom is -0.311 e. The molecule has 0 saturated heterocycles. The van der Waals surface area contributed by atoms with Gasteiger partial charge >= 0.3 is 0 Å². The summed E-state index contributed by atoms with van der Waals surface area (Å²) in [5.41, 5.74) is 2.27. The van der Waals surface area contributed by atoms with Crippen LogP contribution in [0.2, 0.25) is 0 Å². The summed E-state index contributed by atoms with van der Waals surface area (Å²) in [5.74, 6) is -0.144. The Morgan fingerprint density at radius 3 is 2.68 bits per heavy atom. The van der Waals surface area contributed by atoms with Gasteiger partial charge in [-0.15, -0.1) is 11.8 Å². The van der Waals surface area contributed by atoms with Gasteiger partial charge in [-0.25, -0.2) is 4.39 Å². The van der Waals surface area contributed by atoms with Crippen LogP contribution < -0.4 is 4.90 Å². The fraction of sp³-hybridized carbons (Fsp3) is 0.278. The van der Waals surface area contributed by atoms with Crippen molar-refractivity contribution >= 4 is 23.4 Å². The molecule has 2 aromatic rings. The molecule has 3 rings (SSSR count). The van der Waals surface area contributed by atoms with E-state index in [0.717, 1.165) is 30.0 Å². The van der Waals surface area contributed by atoms with E-state index in [-0.39, 0.29) is 17.0 Å². The number of carbonyl (C=O) groups is 1. The van der Waals surface area contributed by atoms with E-state index in [2.05, 4.69) is 6.07 Å². The summed E-state index contributed by atoms with van der Waals surface area (Å²) in [6.07, 6.45) is 2.02. The van der Waals surface area contributed by atoms with Gasteiger partial charge in [0, 0.05) is 17.1 Å². The van der Waals surface area contributed by atoms with Gasteiger partial charge in [-0.2, -0.15) is 0 Å². The van der Waals surface area contributed by atoms with E-state index in [4.69, 9.17) is 0 Å². The highest BCUT2D eigenvalue weighted by molar-refractivity contribution is 8.00. The van der Waals surface area contributed by atoms with Crippen LogP contribution in [0.25, 0.3) is 0 Å². The van der Waals surface area contributed by atoms with Crippen LogP contribution >= 0.6 is 11.8 Å². The monoisotopic (exact) mass is 315 g/mol. The molecule has 2 nitrogen and oxygen atoms in total. The number of fused-ring (bicyclic) bond motifs is 1. The third-order valence-corrected chi connectivity index (χ3v) is 4.95. The number of rotatable bonds is 3. The largest absolute Gasteiger partial charge is 0.311 e. The fourth-order valence-electron chi connectivity index (χ4n) is 2.75. The number of carbonyl (C=O) groups excluding carboxylic acids is 1. The molecule has 1 atom stereocenters. The van der Waals surface area contributed by atoms with Crippen molar-refractivity contribution in [2.24, 2.45) is 0 Å². The minimum atomic E-state index is -0.256. The Morgan fingerprint density at radius 1 is 1.18 bits per heavy atom. The van der Waals surface area contributed by atoms with Gasteiger partial charge in [0.2, 0.25) is 5.91 Å². The van der Waals surface area contributed by atoms with Crippen LogP contribution in [0.5, 0.6) is 0 Å². The highest BCUT2D eigenvalue weighted by atomic mass is 32.2. The molecule has 114 valence electrons. The number of hydrogen-bond donors (Lipinski definition) is 0. The van der Waals surface area contributed by atoms with Crippen molar-refractivity contribution < 1.29 is 9.18 Å². The van der Waals surface area contributed by atoms with Crippen LogP contribution in [-0.2, 0) is 11.2 Å². The lowest BCUT2D eigenvalue weighted by molar-refractivity contribution is -0.117. The molecule has 0 aromatic heterocycles. The van der Waals surface area contributed by atoms with Gasteiger partial charge in [0.25, 0.3) is 0 Å². The molecule has 0 spiro atoms. The molecule has 1 amide bonds. The molecule has 0 fully saturated rings. The summed E-state index contributed by atoms with van der Waals surface area (Å²) >= 11 is 1.47. The SMILES string of the molecule is CC(Sc1ccc(F)cc1)C(=O)N1CCCc2ccccc21. The molecule has 0 saturated carbocycles. The second kappa shape index (κ2) is 6.53. The zero-order valence-electron chi connectivity index (χ0n) is 12.5. The molecule has 1 aliphatic heterocycles. The zero-order valence-corrected chi connectivity index (χ0v) is 13.3. The zero-order chi connectivity index (χ0) is 15.5. The Balaban J connectivity index is 1.75. The number of aryl methyl sites for hydroxylation is 1. The van der Waals surface area contributed by atoms with Crippen LogP contribution in [0.1, 0.15) is 18.9 Å². The van der Waals surface area contributed by atoms with E-state index in [1.807, 2.05) is 30.0 Å². The van der Waals surface area contributed by atoms with Crippen molar-refractivity contribution in [3.05, 3.63) is 59.9 Å². The van der Waals surface area contributed by atoms with E-state index in [9.17, 15) is 9.18 Å². The number of nitrogens with zero attached hydrogens (tertiary/aromatic N) is 1. The van der Waals surface area contributed by atoms with E-state index in [1.54, 1.807) is 12.1 Å². The second-order valence-electron chi connectivity index (χ2n) is 5.44. The number of anilines is 1. The van der Waals surface area contributed by atoms with Gasteiger partial charge in [-0.3, -0.25) is 4.79 Å². The third-order valence-electron chi connectivity index (χ3n) is 3.85. The summed E-state index contributed by atoms with van der Waals surface area (Å²) in [7, 11) is 0. The van der Waals surface area contributed by atoms with Crippen molar-refractivity contribution in [2.75, 3.05) is 11.4 Å². The van der Waals surface area contributed by atoms with Crippen molar-refractivity contribution in [2.45, 2.75) is 29.9 Å². The summed E-state index contributed by atoms with van der Waals surface area (Å²) in [6.45, 7) is 2.68. The van der Waals surface area contributed by atoms with Gasteiger partial charge in [0.05, 0.1) is 5.25 Å². The lowest BCUT2D eigenvalue weighted by atomic mass is 10.0. The van der Waals surface area contributed by atoms with Gasteiger partial charge < -0.3 is 4.90 Å². The topological polar surface area (TPSA) is 20.3 Å². The smallest absolute Gasteiger partial charge is 0.240 e. The van der Waals surface area contributed by atoms with Crippen molar-refractivity contribution in [1.29, 1.82) is 0 Å². The summed E-state index contributed by atoms with van der Waals surface area (Å²) in [6, 6.07) is 14.4. The molecule has 22 heavy (non-hydrogen) atoms. The first-order valence-corrected chi connectivity index (χ1v) is 8.34. The molecule has 0 aliphatic carbocycles. The number of hydrogen-bond acceptors (Lipinski definition) is 2. The van der Waals surface area contributed by atoms with Gasteiger partial charge in [0.15, 0.2) is 0 Å². The molecular weight excluding hydrogens is 297 g/mol. The first-order valence-electron chi connectivity index (χ1n) is 7.46. The molecule has 1 heterocycles. The Morgan fingerprint density at radius 2 is 1.91 bits per heavy atom. The maximum Gasteiger partial charge on any atom is 0.240 e. The summed E-state index contributed by atoms with van der Waals surface area (Å²) in [5, 5.41) is -0.198. The summed E-state index contributed by atoms with van der Waals surface area (Å²) < 4.78 is 13.0. The van der Waals surface area contributed by atoms with Crippen LogP contribution in [-0.4, -0.2) is 17.7 Å². The quantitative estimate of drug-likeness (QED) is 0.788. The van der Waals surface area contributed by atoms with E-state index in [1.165, 1.54) is 29.5 Å². The first kappa shape index (κ1) is 15.1. The second-order valence-corrected chi connectivity index (χ2v) is 6.85. The normalized spacial score (nSPS) is 15.3. The predicted octanol–water partition coefficient (Wildman–Crippen LogP) is 4.29. The van der Waals surface area contributed by atoms with Crippen molar-refractivity contribution in [3.63, 3.8) is 0 Å². The fourth-order valence-corrected chi connectivity index (χ4v) is 3.68. The van der Waals surface area contributed by atoms with Gasteiger partial charge in [-0.05, 0) is 55.7 Å². The molecule has 1 aliphatic rings. The highest BCUT2D eigenvalue weighted by Crippen LogP contribution is 2.31. The molecular formula is C18H18FNOS. The lowest BCUT2D eigenvalue weighted by Gasteiger charge is -2.31. The van der Waals surface area contributed by atoms with Crippen LogP contribution in [0.3, 0.4) is 0 Å². The number of para-hydroxylation sites is 1. The Labute approximate surface area is 134 Å². The number of benzene rings is 2. The first-order chi connectivity index (χ1) is 10.6. The van der Waals surface area contributed by atoms with Crippen molar-refractivity contribution in [1.82, 2.24) is 0 Å². The average molecular weight is 315 g/mol. The maximum absolute atomic E-state index is 13.0. The molecule has 0 radical (unpaired) electrons. The average Bonchev–Trinajstić information content (AvgIpc) is 2.55. The van der Waals surface area contributed by atoms with E-state index in [0.29, 0.717) is 0 Å². The van der Waals surface area contributed by atoms with Crippen molar-refractivity contribution in [3.8, 4) is 0 Å². The van der Waals surface area contributed by atoms with Crippen LogP contribution in [0, 0.1) is 5.82 Å². The van der Waals surface area contributed by atoms with Gasteiger partial charge in [-0.1, -0.05) is 18.2 Å². The standard InChI is InChI=1S/C18H18FNOS/c1-13(22-16-10-8-15(19)9-11-16)18(21)20-12-4-6-14-5-2-3-7-17(14)20/h2-3,5,7-11,13H,4,6,12H2,1H3. The number of thioether (sulfide) groups is 1. The number of halogens is 1. The Kier molecular flexibility index (Phi) is 4.48. The third kappa shape index (κ3) is 3.17. The minimum absolute atomic E-state index is 0.112. The van der Waals surface area contributed by atoms with E-state index < -0.39 is 0 Å². The molecule has 0 N–H and O–H groups in total. The van der Waals surface area contributed by atoms with Gasteiger partial charge in [0.1, 0.15) is 5.82 Å². The maximum atomic E-state index is 13.0. The highest BCUT2D eigenvalue weighted by Gasteiger charge is 2.26. The van der Waals surface area contributed by atoms with E-state index >= 15 is 0 Å². The Bertz CT molecular complexity index is 671. The number of amides is 1. The van der Waals surface area contributed by atoms with Crippen LogP contribution in [0.4, 0.5) is 10.1 Å². The molecule has 1 unspecified atom stereocenters. The molecule has 0 bridgehead atoms.